The molecule has 0 fully saturated rings. The number of hydrogen-bond donors (Lipinski definition) is 2. The monoisotopic (exact) mass is 429 g/mol. The summed E-state index contributed by atoms with van der Waals surface area (Å²) in [5, 5.41) is 2.64. The van der Waals surface area contributed by atoms with Gasteiger partial charge in [0.15, 0.2) is 0 Å². The van der Waals surface area contributed by atoms with Gasteiger partial charge in [0.05, 0.1) is 4.90 Å². The number of carbonyl (C=O) groups excluding carboxylic acids is 2. The number of nitrogens with zero attached hydrogens (tertiary/aromatic N) is 1. The smallest absolute Gasteiger partial charge is 0.261 e. The number of sulfonamides is 1. The van der Waals surface area contributed by atoms with E-state index in [1.54, 1.807) is 41.3 Å². The second kappa shape index (κ2) is 7.75. The van der Waals surface area contributed by atoms with E-state index in [-0.39, 0.29) is 28.0 Å². The van der Waals surface area contributed by atoms with E-state index in [0.29, 0.717) is 17.9 Å². The van der Waals surface area contributed by atoms with Crippen molar-refractivity contribution in [2.24, 2.45) is 5.92 Å². The van der Waals surface area contributed by atoms with Crippen LogP contribution in [-0.2, 0) is 25.0 Å². The molecule has 2 N–H and O–H groups in total. The van der Waals surface area contributed by atoms with Gasteiger partial charge in [-0.15, -0.1) is 0 Å². The summed E-state index contributed by atoms with van der Waals surface area (Å²) in [4.78, 5) is 25.6. The lowest BCUT2D eigenvalue weighted by atomic mass is 9.87. The van der Waals surface area contributed by atoms with Crippen molar-refractivity contribution in [2.75, 3.05) is 21.5 Å². The second-order valence-electron chi connectivity index (χ2n) is 8.51. The highest BCUT2D eigenvalue weighted by molar-refractivity contribution is 7.92. The molecule has 0 saturated carbocycles. The Kier molecular flexibility index (Phi) is 5.64. The van der Waals surface area contributed by atoms with Crippen LogP contribution in [0.5, 0.6) is 0 Å². The second-order valence-corrected chi connectivity index (χ2v) is 10.2. The molecule has 1 heterocycles. The maximum absolute atomic E-state index is 12.9. The third-order valence-electron chi connectivity index (χ3n) is 5.07. The average molecular weight is 430 g/mol. The van der Waals surface area contributed by atoms with Gasteiger partial charge in [-0.3, -0.25) is 14.3 Å². The fourth-order valence-electron chi connectivity index (χ4n) is 3.57. The number of hydrogen-bond acceptors (Lipinski definition) is 4. The SMILES string of the molecule is CC(=O)Nc1ccc(NS(=O)(=O)c2ccc3c(c2)C(C)(C)CN3C(=O)C(C)C)cc1. The molecule has 0 bridgehead atoms. The molecular weight excluding hydrogens is 402 g/mol. The summed E-state index contributed by atoms with van der Waals surface area (Å²) < 4.78 is 28.4. The summed E-state index contributed by atoms with van der Waals surface area (Å²) in [6, 6.07) is 11.3. The van der Waals surface area contributed by atoms with E-state index in [2.05, 4.69) is 10.0 Å². The minimum atomic E-state index is -3.82. The molecule has 30 heavy (non-hydrogen) atoms. The number of benzene rings is 2. The Morgan fingerprint density at radius 2 is 1.63 bits per heavy atom. The summed E-state index contributed by atoms with van der Waals surface area (Å²) in [5.41, 5.74) is 2.21. The normalized spacial score (nSPS) is 15.1. The Bertz CT molecular complexity index is 1090. The zero-order valence-electron chi connectivity index (χ0n) is 17.8. The first-order chi connectivity index (χ1) is 13.9. The fourth-order valence-corrected chi connectivity index (χ4v) is 4.66. The van der Waals surface area contributed by atoms with Gasteiger partial charge in [-0.2, -0.15) is 0 Å². The topological polar surface area (TPSA) is 95.6 Å². The van der Waals surface area contributed by atoms with Gasteiger partial charge in [-0.05, 0) is 48.0 Å². The lowest BCUT2D eigenvalue weighted by molar-refractivity contribution is -0.121. The minimum absolute atomic E-state index is 0.0230. The van der Waals surface area contributed by atoms with Crippen LogP contribution in [0.2, 0.25) is 0 Å². The van der Waals surface area contributed by atoms with Crippen molar-refractivity contribution in [1.82, 2.24) is 0 Å². The Morgan fingerprint density at radius 1 is 1.03 bits per heavy atom. The molecule has 0 aliphatic carbocycles. The number of nitrogens with one attached hydrogen (secondary N) is 2. The van der Waals surface area contributed by atoms with Crippen LogP contribution in [-0.4, -0.2) is 26.8 Å². The van der Waals surface area contributed by atoms with Gasteiger partial charge < -0.3 is 10.2 Å². The number of carbonyl (C=O) groups is 2. The molecule has 3 rings (SSSR count). The van der Waals surface area contributed by atoms with Gasteiger partial charge in [0.2, 0.25) is 11.8 Å². The molecule has 0 unspecified atom stereocenters. The van der Waals surface area contributed by atoms with E-state index in [4.69, 9.17) is 0 Å². The van der Waals surface area contributed by atoms with E-state index in [1.807, 2.05) is 27.7 Å². The molecule has 2 amide bonds. The lowest BCUT2D eigenvalue weighted by Gasteiger charge is -2.22. The van der Waals surface area contributed by atoms with E-state index < -0.39 is 10.0 Å². The van der Waals surface area contributed by atoms with Crippen LogP contribution < -0.4 is 14.9 Å². The van der Waals surface area contributed by atoms with Crippen molar-refractivity contribution in [3.8, 4) is 0 Å². The first-order valence-corrected chi connectivity index (χ1v) is 11.3. The Balaban J connectivity index is 1.89. The third-order valence-corrected chi connectivity index (χ3v) is 6.45. The van der Waals surface area contributed by atoms with Crippen molar-refractivity contribution in [2.45, 2.75) is 44.9 Å². The van der Waals surface area contributed by atoms with Crippen molar-refractivity contribution >= 4 is 38.9 Å². The highest BCUT2D eigenvalue weighted by atomic mass is 32.2. The van der Waals surface area contributed by atoms with Crippen LogP contribution >= 0.6 is 0 Å². The highest BCUT2D eigenvalue weighted by Gasteiger charge is 2.39. The van der Waals surface area contributed by atoms with Gasteiger partial charge in [0, 0.05) is 41.9 Å². The van der Waals surface area contributed by atoms with Crippen LogP contribution in [0.4, 0.5) is 17.1 Å². The van der Waals surface area contributed by atoms with Gasteiger partial charge in [0.1, 0.15) is 0 Å². The largest absolute Gasteiger partial charge is 0.326 e. The molecule has 7 nitrogen and oxygen atoms in total. The van der Waals surface area contributed by atoms with Crippen LogP contribution in [0.3, 0.4) is 0 Å². The van der Waals surface area contributed by atoms with Crippen LogP contribution in [0.1, 0.15) is 40.2 Å². The van der Waals surface area contributed by atoms with Crippen molar-refractivity contribution in [3.05, 3.63) is 48.0 Å². The van der Waals surface area contributed by atoms with Gasteiger partial charge in [-0.1, -0.05) is 27.7 Å². The lowest BCUT2D eigenvalue weighted by Crippen LogP contribution is -2.36. The molecule has 0 atom stereocenters. The highest BCUT2D eigenvalue weighted by Crippen LogP contribution is 2.42. The number of anilines is 3. The quantitative estimate of drug-likeness (QED) is 0.757. The standard InChI is InChI=1S/C22H27N3O4S/c1-14(2)21(27)25-13-22(4,5)19-12-18(10-11-20(19)25)30(28,29)24-17-8-6-16(7-9-17)23-15(3)26/h6-12,14,24H,13H2,1-5H3,(H,23,26). The summed E-state index contributed by atoms with van der Waals surface area (Å²) in [6.45, 7) is 9.64. The van der Waals surface area contributed by atoms with E-state index in [9.17, 15) is 18.0 Å². The van der Waals surface area contributed by atoms with Gasteiger partial charge in [-0.25, -0.2) is 8.42 Å². The minimum Gasteiger partial charge on any atom is -0.326 e. The molecule has 2 aromatic carbocycles. The summed E-state index contributed by atoms with van der Waals surface area (Å²) in [6.07, 6.45) is 0. The third kappa shape index (κ3) is 4.33. The van der Waals surface area contributed by atoms with Crippen LogP contribution in [0, 0.1) is 5.92 Å². The maximum Gasteiger partial charge on any atom is 0.261 e. The summed E-state index contributed by atoms with van der Waals surface area (Å²) in [7, 11) is -3.82. The Hall–Kier alpha value is -2.87. The van der Waals surface area contributed by atoms with Crippen molar-refractivity contribution < 1.29 is 18.0 Å². The van der Waals surface area contributed by atoms with Gasteiger partial charge in [0.25, 0.3) is 10.0 Å². The molecule has 1 aliphatic heterocycles. The van der Waals surface area contributed by atoms with Crippen molar-refractivity contribution in [3.63, 3.8) is 0 Å². The average Bonchev–Trinajstić information content (AvgIpc) is 2.92. The number of fused-ring (bicyclic) bond motifs is 1. The first kappa shape index (κ1) is 21.8. The van der Waals surface area contributed by atoms with Crippen LogP contribution in [0.15, 0.2) is 47.4 Å². The van der Waals surface area contributed by atoms with E-state index in [1.165, 1.54) is 13.0 Å². The molecular formula is C22H27N3O4S. The van der Waals surface area contributed by atoms with Crippen molar-refractivity contribution in [1.29, 1.82) is 0 Å². The van der Waals surface area contributed by atoms with Gasteiger partial charge >= 0.3 is 0 Å². The predicted molar refractivity (Wildman–Crippen MR) is 118 cm³/mol. The van der Waals surface area contributed by atoms with E-state index in [0.717, 1.165) is 11.3 Å². The van der Waals surface area contributed by atoms with Crippen LogP contribution in [0.25, 0.3) is 0 Å². The number of rotatable bonds is 5. The maximum atomic E-state index is 12.9. The molecule has 1 aliphatic rings. The molecule has 0 aromatic heterocycles. The Morgan fingerprint density at radius 3 is 2.20 bits per heavy atom. The molecule has 8 heteroatoms. The first-order valence-electron chi connectivity index (χ1n) is 9.77. The summed E-state index contributed by atoms with van der Waals surface area (Å²) >= 11 is 0. The predicted octanol–water partition coefficient (Wildman–Crippen LogP) is 3.73. The molecule has 0 spiro atoms. The molecule has 2 aromatic rings. The summed E-state index contributed by atoms with van der Waals surface area (Å²) in [5.74, 6) is -0.318. The Labute approximate surface area is 177 Å². The zero-order valence-corrected chi connectivity index (χ0v) is 18.6. The zero-order chi connectivity index (χ0) is 22.3. The number of amides is 2. The molecule has 0 radical (unpaired) electrons. The van der Waals surface area contributed by atoms with E-state index >= 15 is 0 Å². The molecule has 160 valence electrons. The molecule has 0 saturated heterocycles. The fraction of sp³-hybridized carbons (Fsp3) is 0.364.